The van der Waals surface area contributed by atoms with Crippen LogP contribution >= 0.6 is 0 Å². The van der Waals surface area contributed by atoms with Crippen LogP contribution in [0.4, 0.5) is 0 Å². The van der Waals surface area contributed by atoms with Gasteiger partial charge in [-0.1, -0.05) is 0 Å². The zero-order chi connectivity index (χ0) is 18.6. The Kier molecular flexibility index (Phi) is 6.19. The monoisotopic (exact) mass is 362 g/mol. The number of hydrogen-bond donors (Lipinski definition) is 1. The molecule has 0 bridgehead atoms. The van der Waals surface area contributed by atoms with E-state index in [1.165, 1.54) is 5.56 Å². The van der Waals surface area contributed by atoms with E-state index in [0.717, 1.165) is 64.9 Å². The molecule has 7 nitrogen and oxygen atoms in total. The third kappa shape index (κ3) is 4.57. The summed E-state index contributed by atoms with van der Waals surface area (Å²) < 4.78 is 7.38. The van der Waals surface area contributed by atoms with Crippen molar-refractivity contribution in [3.8, 4) is 0 Å². The van der Waals surface area contributed by atoms with Gasteiger partial charge in [-0.3, -0.25) is 14.6 Å². The number of morpholine rings is 1. The minimum Gasteiger partial charge on any atom is -0.379 e. The van der Waals surface area contributed by atoms with Crippen LogP contribution in [0, 0.1) is 0 Å². The molecule has 2 aliphatic rings. The fourth-order valence-corrected chi connectivity index (χ4v) is 3.84. The van der Waals surface area contributed by atoms with Gasteiger partial charge in [0.15, 0.2) is 5.96 Å². The largest absolute Gasteiger partial charge is 0.379 e. The Morgan fingerprint density at radius 3 is 2.77 bits per heavy atom. The second-order valence-corrected chi connectivity index (χ2v) is 7.96. The number of rotatable bonds is 5. The van der Waals surface area contributed by atoms with Crippen LogP contribution in [0.5, 0.6) is 0 Å². The molecule has 0 saturated carbocycles. The van der Waals surface area contributed by atoms with Crippen LogP contribution in [-0.2, 0) is 11.8 Å². The summed E-state index contributed by atoms with van der Waals surface area (Å²) in [6, 6.07) is 0. The lowest BCUT2D eigenvalue weighted by Gasteiger charge is -2.40. The predicted octanol–water partition coefficient (Wildman–Crippen LogP) is 1.29. The van der Waals surface area contributed by atoms with E-state index in [9.17, 15) is 0 Å². The maximum absolute atomic E-state index is 5.49. The number of guanidine groups is 1. The first-order valence-electron chi connectivity index (χ1n) is 9.84. The second-order valence-electron chi connectivity index (χ2n) is 7.96. The topological polar surface area (TPSA) is 57.9 Å². The van der Waals surface area contributed by atoms with Crippen LogP contribution in [0.1, 0.15) is 38.7 Å². The summed E-state index contributed by atoms with van der Waals surface area (Å²) in [5.41, 5.74) is 1.38. The number of likely N-dealkylation sites (tertiary alicyclic amines) is 1. The van der Waals surface area contributed by atoms with Crippen LogP contribution in [0.15, 0.2) is 17.4 Å². The lowest BCUT2D eigenvalue weighted by molar-refractivity contribution is -0.00688. The van der Waals surface area contributed by atoms with E-state index in [2.05, 4.69) is 47.2 Å². The Morgan fingerprint density at radius 1 is 1.35 bits per heavy atom. The highest BCUT2D eigenvalue weighted by Crippen LogP contribution is 2.27. The van der Waals surface area contributed by atoms with Gasteiger partial charge < -0.3 is 15.0 Å². The van der Waals surface area contributed by atoms with Gasteiger partial charge in [0, 0.05) is 57.4 Å². The normalized spacial score (nSPS) is 22.8. The molecular formula is C19H34N6O. The number of nitrogens with zero attached hydrogens (tertiary/aromatic N) is 5. The molecule has 1 unspecified atom stereocenters. The molecule has 0 aromatic carbocycles. The standard InChI is InChI=1S/C19H34N6O/c1-5-20-18(21-15-19(2,3)25-8-10-26-11-9-25)24-7-6-16(14-24)17-12-22-23(4)13-17/h12-13,16H,5-11,14-15H2,1-4H3,(H,20,21). The molecule has 0 amide bonds. The lowest BCUT2D eigenvalue weighted by Crippen LogP contribution is -2.52. The first-order chi connectivity index (χ1) is 12.5. The highest BCUT2D eigenvalue weighted by molar-refractivity contribution is 5.80. The first-order valence-corrected chi connectivity index (χ1v) is 9.84. The Labute approximate surface area is 157 Å². The van der Waals surface area contributed by atoms with E-state index in [4.69, 9.17) is 9.73 Å². The zero-order valence-electron chi connectivity index (χ0n) is 16.7. The first kappa shape index (κ1) is 19.2. The molecule has 0 aliphatic carbocycles. The van der Waals surface area contributed by atoms with Crippen LogP contribution < -0.4 is 5.32 Å². The van der Waals surface area contributed by atoms with Gasteiger partial charge >= 0.3 is 0 Å². The molecule has 7 heteroatoms. The SMILES string of the molecule is CCNC(=NCC(C)(C)N1CCOCC1)N1CCC(c2cnn(C)c2)C1. The van der Waals surface area contributed by atoms with Gasteiger partial charge in [0.1, 0.15) is 0 Å². The molecule has 26 heavy (non-hydrogen) atoms. The average Bonchev–Trinajstić information content (AvgIpc) is 3.28. The van der Waals surface area contributed by atoms with Crippen molar-refractivity contribution in [2.24, 2.45) is 12.0 Å². The molecule has 1 aromatic heterocycles. The minimum atomic E-state index is 0.0485. The van der Waals surface area contributed by atoms with E-state index in [1.54, 1.807) is 0 Å². The van der Waals surface area contributed by atoms with Crippen LogP contribution in [0.25, 0.3) is 0 Å². The average molecular weight is 363 g/mol. The quantitative estimate of drug-likeness (QED) is 0.632. The van der Waals surface area contributed by atoms with Crippen LogP contribution in [0.2, 0.25) is 0 Å². The van der Waals surface area contributed by atoms with Crippen molar-refractivity contribution >= 4 is 5.96 Å². The van der Waals surface area contributed by atoms with Crippen LogP contribution in [-0.4, -0.2) is 83.6 Å². The molecule has 1 N–H and O–H groups in total. The Morgan fingerprint density at radius 2 is 2.12 bits per heavy atom. The van der Waals surface area contributed by atoms with Gasteiger partial charge in [0.05, 0.1) is 26.0 Å². The fourth-order valence-electron chi connectivity index (χ4n) is 3.84. The van der Waals surface area contributed by atoms with Crippen molar-refractivity contribution < 1.29 is 4.74 Å². The van der Waals surface area contributed by atoms with Crippen molar-refractivity contribution in [3.05, 3.63) is 18.0 Å². The minimum absolute atomic E-state index is 0.0485. The van der Waals surface area contributed by atoms with Gasteiger partial charge in [-0.2, -0.15) is 5.10 Å². The van der Waals surface area contributed by atoms with Crippen molar-refractivity contribution in [1.82, 2.24) is 24.9 Å². The molecule has 1 atom stereocenters. The summed E-state index contributed by atoms with van der Waals surface area (Å²) >= 11 is 0. The third-order valence-electron chi connectivity index (χ3n) is 5.50. The summed E-state index contributed by atoms with van der Waals surface area (Å²) in [7, 11) is 1.98. The predicted molar refractivity (Wildman–Crippen MR) is 105 cm³/mol. The van der Waals surface area contributed by atoms with Crippen molar-refractivity contribution in [3.63, 3.8) is 0 Å². The molecule has 2 aliphatic heterocycles. The molecule has 2 saturated heterocycles. The third-order valence-corrected chi connectivity index (χ3v) is 5.50. The smallest absolute Gasteiger partial charge is 0.194 e. The summed E-state index contributed by atoms with van der Waals surface area (Å²) in [5, 5.41) is 7.81. The van der Waals surface area contributed by atoms with Crippen LogP contribution in [0.3, 0.4) is 0 Å². The van der Waals surface area contributed by atoms with Gasteiger partial charge in [-0.05, 0) is 32.8 Å². The van der Waals surface area contributed by atoms with E-state index in [1.807, 2.05) is 17.9 Å². The number of aryl methyl sites for hydroxylation is 1. The number of nitrogens with one attached hydrogen (secondary N) is 1. The second kappa shape index (κ2) is 8.39. The van der Waals surface area contributed by atoms with Crippen molar-refractivity contribution in [2.45, 2.75) is 38.6 Å². The molecule has 146 valence electrons. The highest BCUT2D eigenvalue weighted by Gasteiger charge is 2.30. The number of hydrogen-bond acceptors (Lipinski definition) is 4. The summed E-state index contributed by atoms with van der Waals surface area (Å²) in [5.74, 6) is 1.58. The maximum Gasteiger partial charge on any atom is 0.194 e. The molecule has 0 spiro atoms. The molecule has 3 heterocycles. The van der Waals surface area contributed by atoms with E-state index >= 15 is 0 Å². The zero-order valence-corrected chi connectivity index (χ0v) is 16.7. The summed E-state index contributed by atoms with van der Waals surface area (Å²) in [6.07, 6.45) is 5.29. The fraction of sp³-hybridized carbons (Fsp3) is 0.789. The Hall–Kier alpha value is -1.60. The number of aromatic nitrogens is 2. The molecular weight excluding hydrogens is 328 g/mol. The molecule has 2 fully saturated rings. The summed E-state index contributed by atoms with van der Waals surface area (Å²) in [6.45, 7) is 14.1. The molecule has 1 aromatic rings. The van der Waals surface area contributed by atoms with Crippen molar-refractivity contribution in [2.75, 3.05) is 52.5 Å². The molecule has 0 radical (unpaired) electrons. The van der Waals surface area contributed by atoms with Crippen molar-refractivity contribution in [1.29, 1.82) is 0 Å². The Balaban J connectivity index is 1.63. The maximum atomic E-state index is 5.49. The van der Waals surface area contributed by atoms with E-state index in [0.29, 0.717) is 5.92 Å². The Bertz CT molecular complexity index is 605. The lowest BCUT2D eigenvalue weighted by atomic mass is 10.0. The van der Waals surface area contributed by atoms with Gasteiger partial charge in [-0.25, -0.2) is 0 Å². The van der Waals surface area contributed by atoms with Gasteiger partial charge in [0.2, 0.25) is 0 Å². The van der Waals surface area contributed by atoms with E-state index in [-0.39, 0.29) is 5.54 Å². The highest BCUT2D eigenvalue weighted by atomic mass is 16.5. The number of aliphatic imine (C=N–C) groups is 1. The van der Waals surface area contributed by atoms with Gasteiger partial charge in [-0.15, -0.1) is 0 Å². The molecule has 3 rings (SSSR count). The summed E-state index contributed by atoms with van der Waals surface area (Å²) in [4.78, 5) is 9.90. The number of ether oxygens (including phenoxy) is 1. The van der Waals surface area contributed by atoms with Gasteiger partial charge in [0.25, 0.3) is 0 Å². The van der Waals surface area contributed by atoms with E-state index < -0.39 is 0 Å².